The van der Waals surface area contributed by atoms with E-state index in [2.05, 4.69) is 52.0 Å². The Kier molecular flexibility index (Phi) is 5.46. The quantitative estimate of drug-likeness (QED) is 0.794. The molecule has 0 spiro atoms. The third-order valence-corrected chi connectivity index (χ3v) is 4.79. The zero-order valence-corrected chi connectivity index (χ0v) is 12.7. The van der Waals surface area contributed by atoms with E-state index in [1.54, 1.807) is 0 Å². The minimum atomic E-state index is 0.337. The summed E-state index contributed by atoms with van der Waals surface area (Å²) in [4.78, 5) is 2.60. The fraction of sp³-hybridized carbons (Fsp3) is 1.00. The van der Waals surface area contributed by atoms with Crippen molar-refractivity contribution in [3.63, 3.8) is 0 Å². The van der Waals surface area contributed by atoms with Crippen LogP contribution < -0.4 is 5.32 Å². The van der Waals surface area contributed by atoms with Gasteiger partial charge in [0.15, 0.2) is 0 Å². The van der Waals surface area contributed by atoms with E-state index in [4.69, 9.17) is 0 Å². The highest BCUT2D eigenvalue weighted by molar-refractivity contribution is 4.86. The van der Waals surface area contributed by atoms with E-state index in [1.807, 2.05) is 0 Å². The molecule has 1 saturated carbocycles. The van der Waals surface area contributed by atoms with Crippen LogP contribution in [0.3, 0.4) is 0 Å². The van der Waals surface area contributed by atoms with Gasteiger partial charge in [0.1, 0.15) is 0 Å². The molecule has 0 heterocycles. The van der Waals surface area contributed by atoms with Crippen LogP contribution in [0, 0.1) is 11.3 Å². The van der Waals surface area contributed by atoms with Crippen LogP contribution in [0.1, 0.15) is 53.4 Å². The number of nitrogens with one attached hydrogen (secondary N) is 1. The minimum absolute atomic E-state index is 0.337. The van der Waals surface area contributed by atoms with E-state index in [0.717, 1.165) is 12.0 Å². The molecule has 17 heavy (non-hydrogen) atoms. The van der Waals surface area contributed by atoms with Crippen molar-refractivity contribution in [2.24, 2.45) is 11.3 Å². The van der Waals surface area contributed by atoms with Crippen LogP contribution in [-0.4, -0.2) is 37.6 Å². The highest BCUT2D eigenvalue weighted by Crippen LogP contribution is 2.29. The third kappa shape index (κ3) is 4.26. The molecule has 0 saturated heterocycles. The second kappa shape index (κ2) is 6.19. The van der Waals surface area contributed by atoms with Crippen LogP contribution in [0.4, 0.5) is 0 Å². The molecule has 3 atom stereocenters. The smallest absolute Gasteiger partial charge is 0.00991 e. The lowest BCUT2D eigenvalue weighted by molar-refractivity contribution is 0.0996. The van der Waals surface area contributed by atoms with Crippen LogP contribution in [0.5, 0.6) is 0 Å². The second-order valence-electron chi connectivity index (χ2n) is 6.84. The Hall–Kier alpha value is -0.0800. The largest absolute Gasteiger partial charge is 0.317 e. The van der Waals surface area contributed by atoms with Crippen molar-refractivity contribution < 1.29 is 0 Å². The lowest BCUT2D eigenvalue weighted by atomic mass is 9.82. The Morgan fingerprint density at radius 2 is 2.00 bits per heavy atom. The van der Waals surface area contributed by atoms with E-state index in [-0.39, 0.29) is 0 Å². The summed E-state index contributed by atoms with van der Waals surface area (Å²) in [6, 6.07) is 1.37. The van der Waals surface area contributed by atoms with Gasteiger partial charge in [-0.3, -0.25) is 0 Å². The van der Waals surface area contributed by atoms with E-state index in [9.17, 15) is 0 Å². The van der Waals surface area contributed by atoms with Gasteiger partial charge in [-0.1, -0.05) is 33.6 Å². The lowest BCUT2D eigenvalue weighted by Gasteiger charge is -2.41. The summed E-state index contributed by atoms with van der Waals surface area (Å²) in [5.41, 5.74) is 0.337. The summed E-state index contributed by atoms with van der Waals surface area (Å²) < 4.78 is 0. The first-order valence-corrected chi connectivity index (χ1v) is 7.24. The molecule has 1 aliphatic carbocycles. The first-order valence-electron chi connectivity index (χ1n) is 7.24. The van der Waals surface area contributed by atoms with Crippen molar-refractivity contribution in [1.29, 1.82) is 0 Å². The predicted molar refractivity (Wildman–Crippen MR) is 76.4 cm³/mol. The molecule has 0 aromatic heterocycles. The van der Waals surface area contributed by atoms with Crippen molar-refractivity contribution in [2.75, 3.05) is 20.6 Å². The van der Waals surface area contributed by atoms with Crippen molar-refractivity contribution in [1.82, 2.24) is 10.2 Å². The maximum Gasteiger partial charge on any atom is 0.00991 e. The van der Waals surface area contributed by atoms with Crippen LogP contribution in [-0.2, 0) is 0 Å². The number of nitrogens with zero attached hydrogens (tertiary/aromatic N) is 1. The third-order valence-electron chi connectivity index (χ3n) is 4.79. The molecule has 0 aliphatic heterocycles. The van der Waals surface area contributed by atoms with Crippen molar-refractivity contribution in [3.8, 4) is 0 Å². The topological polar surface area (TPSA) is 15.3 Å². The van der Waals surface area contributed by atoms with Gasteiger partial charge in [-0.2, -0.15) is 0 Å². The number of hydrogen-bond acceptors (Lipinski definition) is 2. The molecule has 102 valence electrons. The van der Waals surface area contributed by atoms with Crippen LogP contribution >= 0.6 is 0 Å². The van der Waals surface area contributed by atoms with E-state index < -0.39 is 0 Å². The molecule has 0 amide bonds. The molecule has 0 aromatic carbocycles. The molecule has 0 radical (unpaired) electrons. The van der Waals surface area contributed by atoms with Crippen LogP contribution in [0.2, 0.25) is 0 Å². The standard InChI is InChI=1S/C15H32N2/c1-12-8-7-9-14(10-12)17(6)11-15(3,4)13(2)16-5/h12-14,16H,7-11H2,1-6H3. The molecule has 1 aliphatic rings. The van der Waals surface area contributed by atoms with Gasteiger partial charge in [-0.05, 0) is 45.2 Å². The fourth-order valence-corrected chi connectivity index (χ4v) is 3.10. The molecule has 3 unspecified atom stereocenters. The zero-order valence-electron chi connectivity index (χ0n) is 12.7. The second-order valence-corrected chi connectivity index (χ2v) is 6.84. The SMILES string of the molecule is CNC(C)C(C)(C)CN(C)C1CCCC(C)C1. The molecule has 1 N–H and O–H groups in total. The molecular formula is C15H32N2. The molecule has 0 bridgehead atoms. The summed E-state index contributed by atoms with van der Waals surface area (Å²) in [5.74, 6) is 0.918. The Balaban J connectivity index is 2.50. The van der Waals surface area contributed by atoms with Gasteiger partial charge in [-0.25, -0.2) is 0 Å². The molecule has 1 rings (SSSR count). The molecule has 2 nitrogen and oxygen atoms in total. The van der Waals surface area contributed by atoms with Crippen molar-refractivity contribution >= 4 is 0 Å². The summed E-state index contributed by atoms with van der Waals surface area (Å²) in [6.07, 6.45) is 5.63. The van der Waals surface area contributed by atoms with E-state index in [1.165, 1.54) is 32.2 Å². The summed E-state index contributed by atoms with van der Waals surface area (Å²) in [5, 5.41) is 3.40. The Bertz CT molecular complexity index is 225. The minimum Gasteiger partial charge on any atom is -0.317 e. The zero-order chi connectivity index (χ0) is 13.1. The van der Waals surface area contributed by atoms with Gasteiger partial charge in [0, 0.05) is 18.6 Å². The van der Waals surface area contributed by atoms with Crippen LogP contribution in [0.25, 0.3) is 0 Å². The van der Waals surface area contributed by atoms with Gasteiger partial charge >= 0.3 is 0 Å². The van der Waals surface area contributed by atoms with Gasteiger partial charge in [-0.15, -0.1) is 0 Å². The fourth-order valence-electron chi connectivity index (χ4n) is 3.10. The molecule has 1 fully saturated rings. The average Bonchev–Trinajstić information content (AvgIpc) is 2.27. The highest BCUT2D eigenvalue weighted by Gasteiger charge is 2.30. The van der Waals surface area contributed by atoms with Gasteiger partial charge < -0.3 is 10.2 Å². The number of hydrogen-bond donors (Lipinski definition) is 1. The highest BCUT2D eigenvalue weighted by atomic mass is 15.1. The van der Waals surface area contributed by atoms with Crippen molar-refractivity contribution in [3.05, 3.63) is 0 Å². The number of rotatable bonds is 5. The van der Waals surface area contributed by atoms with Gasteiger partial charge in [0.25, 0.3) is 0 Å². The Morgan fingerprint density at radius 1 is 1.35 bits per heavy atom. The van der Waals surface area contributed by atoms with Crippen LogP contribution in [0.15, 0.2) is 0 Å². The molecule has 2 heteroatoms. The average molecular weight is 240 g/mol. The maximum absolute atomic E-state index is 3.40. The van der Waals surface area contributed by atoms with Gasteiger partial charge in [0.05, 0.1) is 0 Å². The predicted octanol–water partition coefficient (Wildman–Crippen LogP) is 3.13. The molecular weight excluding hydrogens is 208 g/mol. The first kappa shape index (κ1) is 15.0. The summed E-state index contributed by atoms with van der Waals surface area (Å²) in [6.45, 7) is 10.6. The summed E-state index contributed by atoms with van der Waals surface area (Å²) >= 11 is 0. The van der Waals surface area contributed by atoms with Crippen molar-refractivity contribution in [2.45, 2.75) is 65.5 Å². The Morgan fingerprint density at radius 3 is 2.53 bits per heavy atom. The summed E-state index contributed by atoms with van der Waals surface area (Å²) in [7, 11) is 4.38. The lowest BCUT2D eigenvalue weighted by Crippen LogP contribution is -2.48. The van der Waals surface area contributed by atoms with E-state index >= 15 is 0 Å². The Labute approximate surface area is 108 Å². The molecule has 0 aromatic rings. The monoisotopic (exact) mass is 240 g/mol. The normalized spacial score (nSPS) is 28.4. The van der Waals surface area contributed by atoms with Gasteiger partial charge in [0.2, 0.25) is 0 Å². The van der Waals surface area contributed by atoms with E-state index in [0.29, 0.717) is 11.5 Å². The maximum atomic E-state index is 3.40. The first-order chi connectivity index (χ1) is 7.86.